The topological polar surface area (TPSA) is 104 Å². The molecule has 1 saturated carbocycles. The molecule has 0 bridgehead atoms. The van der Waals surface area contributed by atoms with Gasteiger partial charge in [-0.2, -0.15) is 0 Å². The van der Waals surface area contributed by atoms with E-state index in [0.29, 0.717) is 25.7 Å². The predicted octanol–water partition coefficient (Wildman–Crippen LogP) is 3.28. The molecular weight excluding hydrogens is 408 g/mol. The summed E-state index contributed by atoms with van der Waals surface area (Å²) in [4.78, 5) is 25.2. The second kappa shape index (κ2) is 11.2. The quantitative estimate of drug-likeness (QED) is 0.285. The van der Waals surface area contributed by atoms with Crippen molar-refractivity contribution in [3.8, 4) is 0 Å². The molecule has 6 nitrogen and oxygen atoms in total. The molecule has 0 amide bonds. The van der Waals surface area contributed by atoms with Gasteiger partial charge in [0.1, 0.15) is 6.10 Å². The molecule has 7 unspecified atom stereocenters. The highest BCUT2D eigenvalue weighted by molar-refractivity contribution is 5.95. The van der Waals surface area contributed by atoms with Gasteiger partial charge in [-0.25, -0.2) is 0 Å². The van der Waals surface area contributed by atoms with E-state index in [0.717, 1.165) is 11.1 Å². The average Bonchev–Trinajstić information content (AvgIpc) is 2.74. The first-order chi connectivity index (χ1) is 15.0. The van der Waals surface area contributed by atoms with E-state index in [1.165, 1.54) is 6.08 Å². The van der Waals surface area contributed by atoms with Crippen molar-refractivity contribution in [2.45, 2.75) is 71.7 Å². The summed E-state index contributed by atoms with van der Waals surface area (Å²) in [5.41, 5.74) is 1.09. The van der Waals surface area contributed by atoms with Crippen molar-refractivity contribution < 1.29 is 29.6 Å². The summed E-state index contributed by atoms with van der Waals surface area (Å²) in [6.45, 7) is 10.9. The second-order valence-corrected chi connectivity index (χ2v) is 9.47. The number of hydrogen-bond donors (Lipinski definition) is 3. The molecule has 178 valence electrons. The Kier molecular flexibility index (Phi) is 9.19. The van der Waals surface area contributed by atoms with Crippen molar-refractivity contribution in [3.63, 3.8) is 0 Å². The zero-order valence-electron chi connectivity index (χ0n) is 19.7. The highest BCUT2D eigenvalue weighted by atomic mass is 16.5. The van der Waals surface area contributed by atoms with E-state index in [-0.39, 0.29) is 24.2 Å². The molecule has 0 aromatic carbocycles. The number of rotatable bonds is 9. The van der Waals surface area contributed by atoms with Gasteiger partial charge in [0.15, 0.2) is 5.78 Å². The lowest BCUT2D eigenvalue weighted by Crippen LogP contribution is -2.50. The summed E-state index contributed by atoms with van der Waals surface area (Å²) in [6.07, 6.45) is 8.65. The molecule has 3 N–H and O–H groups in total. The van der Waals surface area contributed by atoms with Gasteiger partial charge in [0.05, 0.1) is 24.7 Å². The smallest absolute Gasteiger partial charge is 0.311 e. The molecule has 32 heavy (non-hydrogen) atoms. The van der Waals surface area contributed by atoms with Crippen molar-refractivity contribution in [3.05, 3.63) is 48.1 Å². The minimum Gasteiger partial charge on any atom is -0.462 e. The molecule has 2 aliphatic carbocycles. The zero-order chi connectivity index (χ0) is 24.1. The van der Waals surface area contributed by atoms with E-state index in [2.05, 4.69) is 6.58 Å². The number of hydrogen-bond acceptors (Lipinski definition) is 6. The molecule has 0 aromatic heterocycles. The number of aliphatic hydroxyl groups excluding tert-OH is 3. The monoisotopic (exact) mass is 446 g/mol. The van der Waals surface area contributed by atoms with Gasteiger partial charge >= 0.3 is 5.97 Å². The van der Waals surface area contributed by atoms with Gasteiger partial charge in [0.2, 0.25) is 0 Å². The van der Waals surface area contributed by atoms with Crippen LogP contribution >= 0.6 is 0 Å². The van der Waals surface area contributed by atoms with E-state index in [9.17, 15) is 24.9 Å². The fourth-order valence-electron chi connectivity index (χ4n) is 4.70. The van der Waals surface area contributed by atoms with E-state index in [4.69, 9.17) is 4.74 Å². The molecule has 2 aliphatic rings. The maximum Gasteiger partial charge on any atom is 0.311 e. The number of carbonyl (C=O) groups excluding carboxylic acids is 2. The lowest BCUT2D eigenvalue weighted by Gasteiger charge is -2.50. The Morgan fingerprint density at radius 3 is 2.62 bits per heavy atom. The fourth-order valence-corrected chi connectivity index (χ4v) is 4.70. The Balaban J connectivity index is 2.07. The van der Waals surface area contributed by atoms with Gasteiger partial charge in [0.25, 0.3) is 0 Å². The lowest BCUT2D eigenvalue weighted by atomic mass is 9.56. The summed E-state index contributed by atoms with van der Waals surface area (Å²) in [5.74, 6) is -1.71. The van der Waals surface area contributed by atoms with Crippen molar-refractivity contribution in [1.82, 2.24) is 0 Å². The van der Waals surface area contributed by atoms with Crippen LogP contribution in [0.1, 0.15) is 53.4 Å². The van der Waals surface area contributed by atoms with Crippen LogP contribution in [0.3, 0.4) is 0 Å². The van der Waals surface area contributed by atoms with Crippen LogP contribution in [0, 0.1) is 23.2 Å². The third kappa shape index (κ3) is 5.85. The van der Waals surface area contributed by atoms with Crippen LogP contribution in [0.25, 0.3) is 0 Å². The van der Waals surface area contributed by atoms with E-state index >= 15 is 0 Å². The van der Waals surface area contributed by atoms with Crippen molar-refractivity contribution in [2.75, 3.05) is 6.61 Å². The predicted molar refractivity (Wildman–Crippen MR) is 124 cm³/mol. The Bertz CT molecular complexity index is 792. The first-order valence-electron chi connectivity index (χ1n) is 11.4. The third-order valence-electron chi connectivity index (χ3n) is 7.06. The standard InChI is InChI=1S/C26H38O6/c1-16(2)21-14-26(15-27)19(5)24(12-11-20(26)13-23(21)30)32-25(31)18(4)22(29)10-8-6-7-9-17(3)28/h6-8,10,13,17-19,21-22,24,27-29H,1,9,11-12,14-15H2,2-5H3. The largest absolute Gasteiger partial charge is 0.462 e. The van der Waals surface area contributed by atoms with Crippen LogP contribution in [0.2, 0.25) is 0 Å². The van der Waals surface area contributed by atoms with Crippen LogP contribution < -0.4 is 0 Å². The third-order valence-corrected chi connectivity index (χ3v) is 7.06. The van der Waals surface area contributed by atoms with Crippen LogP contribution in [0.15, 0.2) is 48.1 Å². The normalized spacial score (nSPS) is 31.2. The first-order valence-corrected chi connectivity index (χ1v) is 11.4. The van der Waals surface area contributed by atoms with Crippen LogP contribution in [0.5, 0.6) is 0 Å². The Morgan fingerprint density at radius 1 is 1.34 bits per heavy atom. The van der Waals surface area contributed by atoms with E-state index in [1.807, 2.05) is 13.8 Å². The molecule has 0 heterocycles. The maximum absolute atomic E-state index is 12.7. The summed E-state index contributed by atoms with van der Waals surface area (Å²) in [6, 6.07) is 0. The van der Waals surface area contributed by atoms with Gasteiger partial charge < -0.3 is 20.1 Å². The first kappa shape index (κ1) is 26.2. The van der Waals surface area contributed by atoms with Gasteiger partial charge in [-0.1, -0.05) is 49.0 Å². The SMILES string of the molecule is C=C(C)C1CC2(CO)C(=CC1=O)CCC(OC(=O)C(C)C(O)C=CC=CCC(C)O)C2C. The average molecular weight is 447 g/mol. The van der Waals surface area contributed by atoms with Gasteiger partial charge in [-0.15, -0.1) is 0 Å². The number of carbonyl (C=O) groups is 2. The molecule has 0 saturated heterocycles. The minimum atomic E-state index is -1.00. The molecular formula is C26H38O6. The summed E-state index contributed by atoms with van der Waals surface area (Å²) in [5, 5.41) is 29.9. The fraction of sp³-hybridized carbons (Fsp3) is 0.615. The summed E-state index contributed by atoms with van der Waals surface area (Å²) < 4.78 is 5.81. The number of fused-ring (bicyclic) bond motifs is 1. The summed E-state index contributed by atoms with van der Waals surface area (Å²) in [7, 11) is 0. The maximum atomic E-state index is 12.7. The van der Waals surface area contributed by atoms with E-state index < -0.39 is 35.6 Å². The van der Waals surface area contributed by atoms with Gasteiger partial charge in [0, 0.05) is 17.3 Å². The van der Waals surface area contributed by atoms with Gasteiger partial charge in [-0.05, 0) is 52.5 Å². The summed E-state index contributed by atoms with van der Waals surface area (Å²) >= 11 is 0. The van der Waals surface area contributed by atoms with Crippen LogP contribution in [-0.2, 0) is 14.3 Å². The highest BCUT2D eigenvalue weighted by Gasteiger charge is 2.51. The van der Waals surface area contributed by atoms with Crippen molar-refractivity contribution in [1.29, 1.82) is 0 Å². The molecule has 0 aliphatic heterocycles. The highest BCUT2D eigenvalue weighted by Crippen LogP contribution is 2.53. The van der Waals surface area contributed by atoms with E-state index in [1.54, 1.807) is 38.2 Å². The molecule has 1 fully saturated rings. The Morgan fingerprint density at radius 2 is 2.03 bits per heavy atom. The number of allylic oxidation sites excluding steroid dienone is 4. The second-order valence-electron chi connectivity index (χ2n) is 9.47. The number of ketones is 1. The van der Waals surface area contributed by atoms with Crippen LogP contribution in [-0.4, -0.2) is 52.0 Å². The number of esters is 1. The molecule has 0 radical (unpaired) electrons. The molecule has 0 aromatic rings. The lowest BCUT2D eigenvalue weighted by molar-refractivity contribution is -0.165. The zero-order valence-corrected chi connectivity index (χ0v) is 19.7. The molecule has 2 rings (SSSR count). The van der Waals surface area contributed by atoms with Crippen LogP contribution in [0.4, 0.5) is 0 Å². The van der Waals surface area contributed by atoms with Crippen molar-refractivity contribution in [2.24, 2.45) is 23.2 Å². The Hall–Kier alpha value is -2.02. The van der Waals surface area contributed by atoms with Crippen molar-refractivity contribution >= 4 is 11.8 Å². The Labute approximate surface area is 191 Å². The number of aliphatic hydroxyl groups is 3. The molecule has 0 spiro atoms. The molecule has 6 heteroatoms. The minimum absolute atomic E-state index is 0.0326. The molecule has 7 atom stereocenters. The number of ether oxygens (including phenoxy) is 1. The van der Waals surface area contributed by atoms with Gasteiger partial charge in [-0.3, -0.25) is 9.59 Å².